The van der Waals surface area contributed by atoms with Crippen LogP contribution in [-0.2, 0) is 16.0 Å². The number of phenols is 1. The number of allylic oxidation sites excluding steroid dienone is 1. The normalized spacial score (nSPS) is 17.9. The van der Waals surface area contributed by atoms with Gasteiger partial charge in [0.15, 0.2) is 0 Å². The smallest absolute Gasteiger partial charge is 0.305 e. The van der Waals surface area contributed by atoms with Crippen LogP contribution < -0.4 is 9.47 Å². The molecule has 0 fully saturated rings. The van der Waals surface area contributed by atoms with Crippen LogP contribution in [0.15, 0.2) is 55.1 Å². The van der Waals surface area contributed by atoms with Gasteiger partial charge in [0.1, 0.15) is 17.2 Å². The minimum atomic E-state index is -0.722. The summed E-state index contributed by atoms with van der Waals surface area (Å²) in [7, 11) is 0. The zero-order valence-corrected chi connectivity index (χ0v) is 14.7. The van der Waals surface area contributed by atoms with E-state index in [1.807, 2.05) is 30.3 Å². The molecule has 2 aromatic carbocycles. The first kappa shape index (κ1) is 17.9. The Balaban J connectivity index is 1.77. The zero-order valence-electron chi connectivity index (χ0n) is 14.7. The van der Waals surface area contributed by atoms with Crippen molar-refractivity contribution in [2.75, 3.05) is 6.61 Å². The second-order valence-corrected chi connectivity index (χ2v) is 6.16. The van der Waals surface area contributed by atoms with Crippen molar-refractivity contribution < 1.29 is 24.1 Å². The zero-order chi connectivity index (χ0) is 18.5. The number of para-hydroxylation sites is 1. The van der Waals surface area contributed by atoms with Gasteiger partial charge in [0.25, 0.3) is 6.29 Å². The van der Waals surface area contributed by atoms with Gasteiger partial charge in [0.2, 0.25) is 0 Å². The van der Waals surface area contributed by atoms with Crippen molar-refractivity contribution in [3.05, 3.63) is 66.2 Å². The van der Waals surface area contributed by atoms with E-state index in [4.69, 9.17) is 14.2 Å². The van der Waals surface area contributed by atoms with Crippen LogP contribution in [0.3, 0.4) is 0 Å². The van der Waals surface area contributed by atoms with Crippen molar-refractivity contribution in [1.82, 2.24) is 0 Å². The first-order valence-electron chi connectivity index (χ1n) is 8.57. The molecule has 1 aliphatic rings. The van der Waals surface area contributed by atoms with Gasteiger partial charge in [-0.15, -0.1) is 6.58 Å². The first-order valence-corrected chi connectivity index (χ1v) is 8.57. The predicted octanol–water partition coefficient (Wildman–Crippen LogP) is 3.96. The summed E-state index contributed by atoms with van der Waals surface area (Å²) in [6, 6.07) is 13.0. The standard InChI is InChI=1S/C21H22O5/c1-3-7-15-12-20-18(13-19(15)23)17(21(26-20)25-14(2)22)10-11-24-16-8-5-4-6-9-16/h3-6,8-9,12-13,17,21,23H,1,7,10-11H2,2H3. The van der Waals surface area contributed by atoms with E-state index in [2.05, 4.69) is 6.58 Å². The number of benzene rings is 2. The SMILES string of the molecule is C=CCc1cc2c(cc1O)C(CCOc1ccccc1)C(OC(C)=O)O2. The average molecular weight is 354 g/mol. The summed E-state index contributed by atoms with van der Waals surface area (Å²) in [5.41, 5.74) is 1.54. The van der Waals surface area contributed by atoms with E-state index in [-0.39, 0.29) is 11.7 Å². The predicted molar refractivity (Wildman–Crippen MR) is 97.5 cm³/mol. The van der Waals surface area contributed by atoms with E-state index in [0.29, 0.717) is 25.2 Å². The largest absolute Gasteiger partial charge is 0.508 e. The lowest BCUT2D eigenvalue weighted by Crippen LogP contribution is -2.26. The summed E-state index contributed by atoms with van der Waals surface area (Å²) in [5, 5.41) is 10.3. The summed E-state index contributed by atoms with van der Waals surface area (Å²) in [6.45, 7) is 5.48. The molecule has 2 unspecified atom stereocenters. The van der Waals surface area contributed by atoms with Gasteiger partial charge in [0.05, 0.1) is 12.5 Å². The van der Waals surface area contributed by atoms with Crippen LogP contribution in [0.25, 0.3) is 0 Å². The summed E-state index contributed by atoms with van der Waals surface area (Å²) in [6.07, 6.45) is 2.11. The Labute approximate surface area is 152 Å². The van der Waals surface area contributed by atoms with Crippen molar-refractivity contribution >= 4 is 5.97 Å². The number of carbonyl (C=O) groups is 1. The van der Waals surface area contributed by atoms with Crippen LogP contribution in [0, 0.1) is 0 Å². The van der Waals surface area contributed by atoms with Crippen LogP contribution in [0.5, 0.6) is 17.2 Å². The third-order valence-corrected chi connectivity index (χ3v) is 4.27. The number of rotatable bonds is 7. The topological polar surface area (TPSA) is 65.0 Å². The first-order chi connectivity index (χ1) is 12.6. The van der Waals surface area contributed by atoms with Crippen molar-refractivity contribution in [3.63, 3.8) is 0 Å². The fraction of sp³-hybridized carbons (Fsp3) is 0.286. The van der Waals surface area contributed by atoms with Gasteiger partial charge >= 0.3 is 5.97 Å². The lowest BCUT2D eigenvalue weighted by molar-refractivity contribution is -0.161. The molecule has 0 aromatic heterocycles. The maximum absolute atomic E-state index is 11.4. The molecule has 0 radical (unpaired) electrons. The Hall–Kier alpha value is -2.95. The number of ether oxygens (including phenoxy) is 3. The molecule has 0 bridgehead atoms. The summed E-state index contributed by atoms with van der Waals surface area (Å²) >= 11 is 0. The lowest BCUT2D eigenvalue weighted by atomic mass is 9.94. The van der Waals surface area contributed by atoms with Gasteiger partial charge in [-0.2, -0.15) is 0 Å². The molecule has 1 N–H and O–H groups in total. The molecule has 1 heterocycles. The van der Waals surface area contributed by atoms with Gasteiger partial charge in [0, 0.05) is 18.1 Å². The van der Waals surface area contributed by atoms with Crippen molar-refractivity contribution in [3.8, 4) is 17.2 Å². The molecule has 0 saturated carbocycles. The van der Waals surface area contributed by atoms with Crippen molar-refractivity contribution in [2.24, 2.45) is 0 Å². The van der Waals surface area contributed by atoms with Gasteiger partial charge in [-0.25, -0.2) is 0 Å². The summed E-state index contributed by atoms with van der Waals surface area (Å²) in [5.74, 6) is 0.966. The number of fused-ring (bicyclic) bond motifs is 1. The second kappa shape index (κ2) is 7.95. The molecule has 3 rings (SSSR count). The van der Waals surface area contributed by atoms with E-state index in [1.54, 1.807) is 18.2 Å². The van der Waals surface area contributed by atoms with Crippen molar-refractivity contribution in [2.45, 2.75) is 32.0 Å². The summed E-state index contributed by atoms with van der Waals surface area (Å²) in [4.78, 5) is 11.4. The van der Waals surface area contributed by atoms with Gasteiger partial charge in [-0.1, -0.05) is 24.3 Å². The molecule has 0 spiro atoms. The van der Waals surface area contributed by atoms with Crippen LogP contribution in [0.4, 0.5) is 0 Å². The highest BCUT2D eigenvalue weighted by molar-refractivity contribution is 5.66. The highest BCUT2D eigenvalue weighted by Crippen LogP contribution is 2.44. The molecule has 1 aliphatic heterocycles. The maximum Gasteiger partial charge on any atom is 0.305 e. The molecular formula is C21H22O5. The quantitative estimate of drug-likeness (QED) is 0.602. The fourth-order valence-corrected chi connectivity index (χ4v) is 3.07. The lowest BCUT2D eigenvalue weighted by Gasteiger charge is -2.18. The second-order valence-electron chi connectivity index (χ2n) is 6.16. The van der Waals surface area contributed by atoms with E-state index in [9.17, 15) is 9.90 Å². The highest BCUT2D eigenvalue weighted by Gasteiger charge is 2.37. The molecule has 5 heteroatoms. The number of hydrogen-bond acceptors (Lipinski definition) is 5. The molecule has 0 aliphatic carbocycles. The molecule has 0 amide bonds. The molecule has 5 nitrogen and oxygen atoms in total. The Kier molecular flexibility index (Phi) is 5.46. The minimum absolute atomic E-state index is 0.185. The van der Waals surface area contributed by atoms with E-state index >= 15 is 0 Å². The fourth-order valence-electron chi connectivity index (χ4n) is 3.07. The minimum Gasteiger partial charge on any atom is -0.508 e. The van der Waals surface area contributed by atoms with Gasteiger partial charge in [-0.3, -0.25) is 4.79 Å². The number of carbonyl (C=O) groups excluding carboxylic acids is 1. The van der Waals surface area contributed by atoms with E-state index in [1.165, 1.54) is 6.92 Å². The number of hydrogen-bond donors (Lipinski definition) is 1. The van der Waals surface area contributed by atoms with Gasteiger partial charge in [-0.05, 0) is 37.1 Å². The third-order valence-electron chi connectivity index (χ3n) is 4.27. The third kappa shape index (κ3) is 3.99. The number of aromatic hydroxyl groups is 1. The van der Waals surface area contributed by atoms with E-state index < -0.39 is 12.3 Å². The maximum atomic E-state index is 11.4. The van der Waals surface area contributed by atoms with Crippen LogP contribution >= 0.6 is 0 Å². The molecule has 2 aromatic rings. The molecule has 0 saturated heterocycles. The Bertz CT molecular complexity index is 784. The Morgan fingerprint density at radius 3 is 2.77 bits per heavy atom. The van der Waals surface area contributed by atoms with E-state index in [0.717, 1.165) is 16.9 Å². The van der Waals surface area contributed by atoms with Crippen LogP contribution in [0.1, 0.15) is 30.4 Å². The Morgan fingerprint density at radius 2 is 2.08 bits per heavy atom. The van der Waals surface area contributed by atoms with Gasteiger partial charge < -0.3 is 19.3 Å². The number of esters is 1. The highest BCUT2D eigenvalue weighted by atomic mass is 16.7. The van der Waals surface area contributed by atoms with Crippen LogP contribution in [0.2, 0.25) is 0 Å². The Morgan fingerprint density at radius 1 is 1.31 bits per heavy atom. The number of phenolic OH excluding ortho intramolecular Hbond substituents is 1. The molecular weight excluding hydrogens is 332 g/mol. The monoisotopic (exact) mass is 354 g/mol. The molecule has 136 valence electrons. The average Bonchev–Trinajstić information content (AvgIpc) is 2.92. The molecule has 26 heavy (non-hydrogen) atoms. The molecule has 2 atom stereocenters. The van der Waals surface area contributed by atoms with Crippen LogP contribution in [-0.4, -0.2) is 24.0 Å². The summed E-state index contributed by atoms with van der Waals surface area (Å²) < 4.78 is 16.9. The van der Waals surface area contributed by atoms with Crippen molar-refractivity contribution in [1.29, 1.82) is 0 Å².